The third-order valence-corrected chi connectivity index (χ3v) is 4.25. The van der Waals surface area contributed by atoms with Crippen molar-refractivity contribution >= 4 is 5.78 Å². The second-order valence-electron chi connectivity index (χ2n) is 4.75. The fraction of sp³-hybridized carbons (Fsp3) is 0.909. The van der Waals surface area contributed by atoms with Crippen molar-refractivity contribution in [2.75, 3.05) is 6.61 Å². The summed E-state index contributed by atoms with van der Waals surface area (Å²) in [5.41, 5.74) is 0.0353. The van der Waals surface area contributed by atoms with Crippen LogP contribution < -0.4 is 0 Å². The number of rotatable bonds is 0. The first-order valence-corrected chi connectivity index (χ1v) is 5.49. The molecule has 2 nitrogen and oxygen atoms in total. The zero-order chi connectivity index (χ0) is 8.89. The van der Waals surface area contributed by atoms with Crippen molar-refractivity contribution in [1.82, 2.24) is 0 Å². The van der Waals surface area contributed by atoms with Gasteiger partial charge in [-0.2, -0.15) is 0 Å². The van der Waals surface area contributed by atoms with Crippen molar-refractivity contribution in [2.45, 2.75) is 44.1 Å². The van der Waals surface area contributed by atoms with Crippen molar-refractivity contribution in [2.24, 2.45) is 11.8 Å². The molecule has 2 aliphatic carbocycles. The van der Waals surface area contributed by atoms with Gasteiger partial charge in [0.25, 0.3) is 0 Å². The molecule has 1 saturated heterocycles. The van der Waals surface area contributed by atoms with Crippen LogP contribution in [0.15, 0.2) is 0 Å². The topological polar surface area (TPSA) is 26.3 Å². The number of ether oxygens (including phenoxy) is 1. The standard InChI is InChI=1S/C11H16O2/c12-10-4-1-5-11-8(7-9(10)11)3-2-6-13-11/h8-9H,1-7H2/t8-,9+,11-/m0/s1. The lowest BCUT2D eigenvalue weighted by atomic mass is 9.52. The van der Waals surface area contributed by atoms with Crippen LogP contribution in [0.1, 0.15) is 38.5 Å². The largest absolute Gasteiger partial charge is 0.374 e. The Balaban J connectivity index is 1.87. The number of carbonyl (C=O) groups excluding carboxylic acids is 1. The number of Topliss-reactive ketones (excluding diaryl/α,β-unsaturated/α-hetero) is 1. The van der Waals surface area contributed by atoms with E-state index in [0.29, 0.717) is 5.78 Å². The van der Waals surface area contributed by atoms with Gasteiger partial charge in [-0.1, -0.05) is 0 Å². The zero-order valence-corrected chi connectivity index (χ0v) is 7.92. The molecule has 0 aromatic heterocycles. The summed E-state index contributed by atoms with van der Waals surface area (Å²) in [7, 11) is 0. The highest BCUT2D eigenvalue weighted by Gasteiger charge is 2.60. The maximum Gasteiger partial charge on any atom is 0.138 e. The van der Waals surface area contributed by atoms with E-state index in [-0.39, 0.29) is 11.5 Å². The normalized spacial score (nSPS) is 49.1. The van der Waals surface area contributed by atoms with Crippen molar-refractivity contribution in [3.05, 3.63) is 0 Å². The first kappa shape index (κ1) is 7.98. The molecule has 0 aromatic carbocycles. The average molecular weight is 180 g/mol. The molecule has 3 atom stereocenters. The molecule has 0 bridgehead atoms. The number of hydrogen-bond donors (Lipinski definition) is 0. The molecule has 0 radical (unpaired) electrons. The number of hydrogen-bond acceptors (Lipinski definition) is 2. The van der Waals surface area contributed by atoms with Crippen LogP contribution in [-0.4, -0.2) is 18.0 Å². The first-order valence-electron chi connectivity index (χ1n) is 5.49. The van der Waals surface area contributed by atoms with Gasteiger partial charge in [-0.15, -0.1) is 0 Å². The van der Waals surface area contributed by atoms with Gasteiger partial charge in [-0.05, 0) is 38.0 Å². The van der Waals surface area contributed by atoms with E-state index in [0.717, 1.165) is 38.2 Å². The SMILES string of the molecule is O=C1CCC[C@]23OCCC[C@H]2C[C@H]13. The smallest absolute Gasteiger partial charge is 0.138 e. The van der Waals surface area contributed by atoms with Gasteiger partial charge >= 0.3 is 0 Å². The summed E-state index contributed by atoms with van der Waals surface area (Å²) in [5, 5.41) is 0. The highest BCUT2D eigenvalue weighted by molar-refractivity contribution is 5.84. The second-order valence-corrected chi connectivity index (χ2v) is 4.75. The summed E-state index contributed by atoms with van der Waals surface area (Å²) in [4.78, 5) is 11.6. The lowest BCUT2D eigenvalue weighted by Gasteiger charge is -2.59. The molecule has 72 valence electrons. The molecule has 0 unspecified atom stereocenters. The lowest BCUT2D eigenvalue weighted by Crippen LogP contribution is -2.63. The van der Waals surface area contributed by atoms with Crippen molar-refractivity contribution in [1.29, 1.82) is 0 Å². The van der Waals surface area contributed by atoms with Crippen LogP contribution in [0.25, 0.3) is 0 Å². The summed E-state index contributed by atoms with van der Waals surface area (Å²) in [6.45, 7) is 0.889. The molecule has 0 amide bonds. The van der Waals surface area contributed by atoms with E-state index in [9.17, 15) is 4.79 Å². The van der Waals surface area contributed by atoms with Crippen LogP contribution in [0.5, 0.6) is 0 Å². The fourth-order valence-electron chi connectivity index (χ4n) is 3.55. The highest BCUT2D eigenvalue weighted by Crippen LogP contribution is 2.56. The minimum atomic E-state index is 0.0353. The summed E-state index contributed by atoms with van der Waals surface area (Å²) in [6, 6.07) is 0. The van der Waals surface area contributed by atoms with Gasteiger partial charge in [0.05, 0.1) is 5.60 Å². The van der Waals surface area contributed by atoms with E-state index >= 15 is 0 Å². The van der Waals surface area contributed by atoms with Gasteiger partial charge in [-0.25, -0.2) is 0 Å². The van der Waals surface area contributed by atoms with Crippen LogP contribution in [0.2, 0.25) is 0 Å². The van der Waals surface area contributed by atoms with Crippen LogP contribution in [0.4, 0.5) is 0 Å². The highest BCUT2D eigenvalue weighted by atomic mass is 16.5. The van der Waals surface area contributed by atoms with E-state index < -0.39 is 0 Å². The van der Waals surface area contributed by atoms with Crippen molar-refractivity contribution in [3.8, 4) is 0 Å². The Hall–Kier alpha value is -0.370. The van der Waals surface area contributed by atoms with Gasteiger partial charge in [-0.3, -0.25) is 4.79 Å². The Morgan fingerprint density at radius 2 is 2.31 bits per heavy atom. The Kier molecular flexibility index (Phi) is 1.58. The summed E-state index contributed by atoms with van der Waals surface area (Å²) in [5.74, 6) is 1.48. The minimum absolute atomic E-state index is 0.0353. The van der Waals surface area contributed by atoms with E-state index in [1.807, 2.05) is 0 Å². The Labute approximate surface area is 78.6 Å². The molecule has 0 aromatic rings. The Morgan fingerprint density at radius 3 is 3.15 bits per heavy atom. The van der Waals surface area contributed by atoms with Gasteiger partial charge in [0.1, 0.15) is 5.78 Å². The lowest BCUT2D eigenvalue weighted by molar-refractivity contribution is -0.227. The van der Waals surface area contributed by atoms with Crippen LogP contribution in [0, 0.1) is 11.8 Å². The quantitative estimate of drug-likeness (QED) is 0.569. The van der Waals surface area contributed by atoms with Crippen LogP contribution >= 0.6 is 0 Å². The predicted octanol–water partition coefficient (Wildman–Crippen LogP) is 1.92. The number of carbonyl (C=O) groups is 1. The molecule has 1 spiro atoms. The van der Waals surface area contributed by atoms with E-state index in [4.69, 9.17) is 4.74 Å². The second kappa shape index (κ2) is 2.57. The minimum Gasteiger partial charge on any atom is -0.374 e. The predicted molar refractivity (Wildman–Crippen MR) is 48.4 cm³/mol. The van der Waals surface area contributed by atoms with E-state index in [1.165, 1.54) is 12.8 Å². The van der Waals surface area contributed by atoms with E-state index in [1.54, 1.807) is 0 Å². The molecular formula is C11H16O2. The summed E-state index contributed by atoms with van der Waals surface area (Å²) >= 11 is 0. The summed E-state index contributed by atoms with van der Waals surface area (Å²) in [6.07, 6.45) is 6.64. The molecule has 3 rings (SSSR count). The van der Waals surface area contributed by atoms with Gasteiger partial charge in [0.2, 0.25) is 0 Å². The monoisotopic (exact) mass is 180 g/mol. The molecule has 13 heavy (non-hydrogen) atoms. The average Bonchev–Trinajstić information content (AvgIpc) is 2.07. The third-order valence-electron chi connectivity index (χ3n) is 4.25. The van der Waals surface area contributed by atoms with Crippen LogP contribution in [0.3, 0.4) is 0 Å². The van der Waals surface area contributed by atoms with Crippen LogP contribution in [-0.2, 0) is 9.53 Å². The molecule has 1 aliphatic heterocycles. The Bertz CT molecular complexity index is 244. The molecule has 2 heteroatoms. The van der Waals surface area contributed by atoms with Crippen molar-refractivity contribution in [3.63, 3.8) is 0 Å². The van der Waals surface area contributed by atoms with Gasteiger partial charge < -0.3 is 4.74 Å². The molecule has 1 heterocycles. The summed E-state index contributed by atoms with van der Waals surface area (Å²) < 4.78 is 5.92. The fourth-order valence-corrected chi connectivity index (χ4v) is 3.55. The molecule has 3 fully saturated rings. The third kappa shape index (κ3) is 0.899. The molecule has 0 N–H and O–H groups in total. The molecule has 3 aliphatic rings. The van der Waals surface area contributed by atoms with Crippen molar-refractivity contribution < 1.29 is 9.53 Å². The van der Waals surface area contributed by atoms with Gasteiger partial charge in [0.15, 0.2) is 0 Å². The molecule has 2 saturated carbocycles. The van der Waals surface area contributed by atoms with E-state index in [2.05, 4.69) is 0 Å². The maximum atomic E-state index is 11.6. The molecular weight excluding hydrogens is 164 g/mol. The zero-order valence-electron chi connectivity index (χ0n) is 7.92. The number of ketones is 1. The maximum absolute atomic E-state index is 11.6. The Morgan fingerprint density at radius 1 is 1.38 bits per heavy atom. The first-order chi connectivity index (χ1) is 6.33. The van der Waals surface area contributed by atoms with Gasteiger partial charge in [0, 0.05) is 18.9 Å².